The third kappa shape index (κ3) is 6.87. The molecular formula is C27H37N3O6S. The Morgan fingerprint density at radius 1 is 1.08 bits per heavy atom. The molecule has 2 aliphatic rings. The monoisotopic (exact) mass is 531 g/mol. The lowest BCUT2D eigenvalue weighted by Crippen LogP contribution is -2.40. The standard InChI is InChI=1S/C27H37N3O6S/c1-2-35-27(32)21-11-15-30(16-12-21)37(33,34)23-9-6-8-22(18-23)25(31)20-28-19-24(26-10-7-17-36-26)29-13-4-3-5-14-29/h6-10,17-18,21,24,28H,2-5,11-16,19-20H2,1H3. The maximum absolute atomic E-state index is 13.2. The molecule has 0 saturated carbocycles. The van der Waals surface area contributed by atoms with Gasteiger partial charge in [0.05, 0.1) is 36.3 Å². The molecule has 3 heterocycles. The Bertz CT molecular complexity index is 1140. The third-order valence-corrected chi connectivity index (χ3v) is 9.09. The second-order valence-electron chi connectivity index (χ2n) is 9.64. The number of sulfonamides is 1. The average Bonchev–Trinajstić information content (AvgIpc) is 3.46. The molecule has 4 rings (SSSR count). The minimum absolute atomic E-state index is 0.0485. The first-order valence-electron chi connectivity index (χ1n) is 13.2. The van der Waals surface area contributed by atoms with Crippen LogP contribution in [0.25, 0.3) is 0 Å². The predicted octanol–water partition coefficient (Wildman–Crippen LogP) is 3.24. The van der Waals surface area contributed by atoms with Gasteiger partial charge in [0.1, 0.15) is 5.76 Å². The highest BCUT2D eigenvalue weighted by Crippen LogP contribution is 2.26. The van der Waals surface area contributed by atoms with Gasteiger partial charge in [-0.05, 0) is 70.0 Å². The SMILES string of the molecule is CCOC(=O)C1CCN(S(=O)(=O)c2cccc(C(=O)CNCC(c3ccco3)N3CCCCC3)c2)CC1. The summed E-state index contributed by atoms with van der Waals surface area (Å²) in [4.78, 5) is 27.4. The molecule has 0 amide bonds. The van der Waals surface area contributed by atoms with Gasteiger partial charge in [-0.15, -0.1) is 0 Å². The van der Waals surface area contributed by atoms with Crippen molar-refractivity contribution in [3.05, 3.63) is 54.0 Å². The second kappa shape index (κ2) is 12.8. The summed E-state index contributed by atoms with van der Waals surface area (Å²) in [7, 11) is -3.77. The number of esters is 1. The fraction of sp³-hybridized carbons (Fsp3) is 0.556. The summed E-state index contributed by atoms with van der Waals surface area (Å²) in [6, 6.07) is 10.1. The number of Topliss-reactive ketones (excluding diaryl/α,β-unsaturated/α-hetero) is 1. The number of nitrogens with zero attached hydrogens (tertiary/aromatic N) is 2. The molecule has 2 saturated heterocycles. The van der Waals surface area contributed by atoms with E-state index in [4.69, 9.17) is 9.15 Å². The summed E-state index contributed by atoms with van der Waals surface area (Å²) in [6.45, 7) is 5.22. The van der Waals surface area contributed by atoms with E-state index < -0.39 is 10.0 Å². The first-order valence-corrected chi connectivity index (χ1v) is 14.6. The van der Waals surface area contributed by atoms with Gasteiger partial charge in [0.2, 0.25) is 10.0 Å². The molecule has 1 aromatic carbocycles. The highest BCUT2D eigenvalue weighted by molar-refractivity contribution is 7.89. The van der Waals surface area contributed by atoms with Gasteiger partial charge in [0, 0.05) is 25.2 Å². The van der Waals surface area contributed by atoms with Gasteiger partial charge in [0.25, 0.3) is 0 Å². The molecule has 2 fully saturated rings. The summed E-state index contributed by atoms with van der Waals surface area (Å²) in [5.74, 6) is 0.158. The fourth-order valence-electron chi connectivity index (χ4n) is 5.12. The topological polar surface area (TPSA) is 109 Å². The van der Waals surface area contributed by atoms with Gasteiger partial charge in [-0.3, -0.25) is 14.5 Å². The van der Waals surface area contributed by atoms with Crippen LogP contribution in [0.3, 0.4) is 0 Å². The summed E-state index contributed by atoms with van der Waals surface area (Å²) in [5.41, 5.74) is 0.350. The van der Waals surface area contributed by atoms with Gasteiger partial charge in [-0.2, -0.15) is 4.31 Å². The number of ketones is 1. The molecule has 1 atom stereocenters. The Kier molecular flexibility index (Phi) is 9.53. The lowest BCUT2D eigenvalue weighted by Gasteiger charge is -2.33. The first-order chi connectivity index (χ1) is 17.9. The van der Waals surface area contributed by atoms with Crippen molar-refractivity contribution < 1.29 is 27.2 Å². The molecule has 1 aromatic heterocycles. The molecule has 37 heavy (non-hydrogen) atoms. The van der Waals surface area contributed by atoms with Crippen LogP contribution in [0.5, 0.6) is 0 Å². The summed E-state index contributed by atoms with van der Waals surface area (Å²) < 4.78 is 38.6. The smallest absolute Gasteiger partial charge is 0.309 e. The number of hydrogen-bond acceptors (Lipinski definition) is 8. The van der Waals surface area contributed by atoms with E-state index in [9.17, 15) is 18.0 Å². The molecule has 9 nitrogen and oxygen atoms in total. The van der Waals surface area contributed by atoms with Gasteiger partial charge < -0.3 is 14.5 Å². The number of piperidine rings is 2. The molecule has 10 heteroatoms. The van der Waals surface area contributed by atoms with Crippen LogP contribution in [0, 0.1) is 5.92 Å². The van der Waals surface area contributed by atoms with Crippen molar-refractivity contribution in [2.75, 3.05) is 45.9 Å². The summed E-state index contributed by atoms with van der Waals surface area (Å²) >= 11 is 0. The minimum atomic E-state index is -3.77. The number of nitrogens with one attached hydrogen (secondary N) is 1. The Morgan fingerprint density at radius 3 is 2.51 bits per heavy atom. The average molecular weight is 532 g/mol. The Balaban J connectivity index is 1.35. The number of ether oxygens (including phenoxy) is 1. The zero-order valence-electron chi connectivity index (χ0n) is 21.4. The number of carbonyl (C=O) groups is 2. The summed E-state index contributed by atoms with van der Waals surface area (Å²) in [6.07, 6.45) is 6.05. The van der Waals surface area contributed by atoms with Crippen LogP contribution in [-0.2, 0) is 19.6 Å². The maximum atomic E-state index is 13.2. The number of furan rings is 1. The van der Waals surface area contributed by atoms with Crippen LogP contribution in [0.1, 0.15) is 61.2 Å². The number of rotatable bonds is 11. The van der Waals surface area contributed by atoms with Crippen LogP contribution in [0.4, 0.5) is 0 Å². The quantitative estimate of drug-likeness (QED) is 0.348. The molecular weight excluding hydrogens is 494 g/mol. The molecule has 0 aliphatic carbocycles. The highest BCUT2D eigenvalue weighted by atomic mass is 32.2. The van der Waals surface area contributed by atoms with Crippen molar-refractivity contribution in [1.82, 2.24) is 14.5 Å². The highest BCUT2D eigenvalue weighted by Gasteiger charge is 2.33. The van der Waals surface area contributed by atoms with E-state index in [0.717, 1.165) is 31.7 Å². The fourth-order valence-corrected chi connectivity index (χ4v) is 6.63. The van der Waals surface area contributed by atoms with Crippen molar-refractivity contribution in [3.63, 3.8) is 0 Å². The molecule has 0 bridgehead atoms. The minimum Gasteiger partial charge on any atom is -0.468 e. The van der Waals surface area contributed by atoms with E-state index in [2.05, 4.69) is 10.2 Å². The van der Waals surface area contributed by atoms with E-state index in [1.807, 2.05) is 12.1 Å². The zero-order valence-corrected chi connectivity index (χ0v) is 22.3. The predicted molar refractivity (Wildman–Crippen MR) is 139 cm³/mol. The second-order valence-corrected chi connectivity index (χ2v) is 11.6. The number of hydrogen-bond donors (Lipinski definition) is 1. The Hall–Kier alpha value is -2.53. The molecule has 1 unspecified atom stereocenters. The molecule has 0 spiro atoms. The molecule has 2 aliphatic heterocycles. The van der Waals surface area contributed by atoms with Crippen LogP contribution in [0.15, 0.2) is 52.0 Å². The van der Waals surface area contributed by atoms with Gasteiger partial charge in [-0.25, -0.2) is 8.42 Å². The number of benzene rings is 1. The number of carbonyl (C=O) groups excluding carboxylic acids is 2. The van der Waals surface area contributed by atoms with E-state index in [1.165, 1.54) is 22.9 Å². The van der Waals surface area contributed by atoms with E-state index in [-0.39, 0.29) is 48.2 Å². The molecule has 0 radical (unpaired) electrons. The maximum Gasteiger partial charge on any atom is 0.309 e. The van der Waals surface area contributed by atoms with Gasteiger partial charge >= 0.3 is 5.97 Å². The van der Waals surface area contributed by atoms with Crippen molar-refractivity contribution >= 4 is 21.8 Å². The van der Waals surface area contributed by atoms with E-state index in [1.54, 1.807) is 25.3 Å². The molecule has 1 N–H and O–H groups in total. The van der Waals surface area contributed by atoms with Crippen molar-refractivity contribution in [3.8, 4) is 0 Å². The molecule has 2 aromatic rings. The van der Waals surface area contributed by atoms with Crippen molar-refractivity contribution in [2.45, 2.75) is 50.0 Å². The van der Waals surface area contributed by atoms with Crippen molar-refractivity contribution in [1.29, 1.82) is 0 Å². The largest absolute Gasteiger partial charge is 0.468 e. The van der Waals surface area contributed by atoms with Crippen molar-refractivity contribution in [2.24, 2.45) is 5.92 Å². The first kappa shape index (κ1) is 27.5. The normalized spacial score (nSPS) is 18.9. The third-order valence-electron chi connectivity index (χ3n) is 7.19. The lowest BCUT2D eigenvalue weighted by atomic mass is 9.98. The molecule has 202 valence electrons. The van der Waals surface area contributed by atoms with Gasteiger partial charge in [-0.1, -0.05) is 18.6 Å². The van der Waals surface area contributed by atoms with Gasteiger partial charge in [0.15, 0.2) is 5.78 Å². The lowest BCUT2D eigenvalue weighted by molar-refractivity contribution is -0.149. The van der Waals surface area contributed by atoms with E-state index >= 15 is 0 Å². The Labute approximate surface area is 219 Å². The van der Waals surface area contributed by atoms with Crippen LogP contribution in [-0.4, -0.2) is 75.3 Å². The Morgan fingerprint density at radius 2 is 1.84 bits per heavy atom. The zero-order chi connectivity index (χ0) is 26.3. The number of likely N-dealkylation sites (tertiary alicyclic amines) is 1. The van der Waals surface area contributed by atoms with E-state index in [0.29, 0.717) is 31.6 Å². The van der Waals surface area contributed by atoms with Crippen LogP contribution in [0.2, 0.25) is 0 Å². The van der Waals surface area contributed by atoms with Crippen LogP contribution < -0.4 is 5.32 Å². The van der Waals surface area contributed by atoms with Crippen LogP contribution >= 0.6 is 0 Å². The summed E-state index contributed by atoms with van der Waals surface area (Å²) in [5, 5.41) is 3.26.